The highest BCUT2D eigenvalue weighted by molar-refractivity contribution is 5.56. The van der Waals surface area contributed by atoms with Crippen LogP contribution in [0.1, 0.15) is 11.1 Å². The second-order valence-electron chi connectivity index (χ2n) is 4.73. The number of fused-ring (bicyclic) bond motifs is 1. The van der Waals surface area contributed by atoms with Gasteiger partial charge in [-0.25, -0.2) is 0 Å². The predicted octanol–water partition coefficient (Wildman–Crippen LogP) is 2.52. The van der Waals surface area contributed by atoms with Gasteiger partial charge in [-0.1, -0.05) is 18.2 Å². The minimum atomic E-state index is 0.00226. The van der Waals surface area contributed by atoms with Gasteiger partial charge in [-0.3, -0.25) is 0 Å². The fourth-order valence-electron chi connectivity index (χ4n) is 2.28. The smallest absolute Gasteiger partial charge is 0.142 e. The Kier molecular flexibility index (Phi) is 3.18. The van der Waals surface area contributed by atoms with E-state index in [1.165, 1.54) is 5.56 Å². The van der Waals surface area contributed by atoms with Crippen molar-refractivity contribution in [3.8, 4) is 17.6 Å². The summed E-state index contributed by atoms with van der Waals surface area (Å²) in [6.07, 6.45) is 0.842. The molecule has 0 radical (unpaired) electrons. The lowest BCUT2D eigenvalue weighted by Gasteiger charge is -2.13. The number of rotatable bonds is 3. The number of anilines is 1. The van der Waals surface area contributed by atoms with Gasteiger partial charge in [0.25, 0.3) is 0 Å². The summed E-state index contributed by atoms with van der Waals surface area (Å²) in [6.45, 7) is 0.435. The van der Waals surface area contributed by atoms with Crippen molar-refractivity contribution in [1.82, 2.24) is 0 Å². The highest BCUT2D eigenvalue weighted by Gasteiger charge is 2.23. The van der Waals surface area contributed by atoms with Crippen molar-refractivity contribution in [2.45, 2.75) is 12.5 Å². The van der Waals surface area contributed by atoms with E-state index in [0.29, 0.717) is 23.6 Å². The van der Waals surface area contributed by atoms with Crippen LogP contribution < -0.4 is 15.2 Å². The molecule has 0 aromatic heterocycles. The summed E-state index contributed by atoms with van der Waals surface area (Å²) >= 11 is 0. The molecule has 2 N–H and O–H groups in total. The fourth-order valence-corrected chi connectivity index (χ4v) is 2.28. The van der Waals surface area contributed by atoms with Gasteiger partial charge < -0.3 is 15.2 Å². The SMILES string of the molecule is N#Cc1ccc(OCC2Cc3ccccc3O2)c(N)c1. The van der Waals surface area contributed by atoms with E-state index in [1.807, 2.05) is 24.3 Å². The number of nitrogens with two attached hydrogens (primary N) is 1. The summed E-state index contributed by atoms with van der Waals surface area (Å²) in [5, 5.41) is 8.79. The van der Waals surface area contributed by atoms with Gasteiger partial charge in [-0.05, 0) is 29.8 Å². The molecule has 1 unspecified atom stereocenters. The third-order valence-corrected chi connectivity index (χ3v) is 3.28. The minimum Gasteiger partial charge on any atom is -0.488 e. The summed E-state index contributed by atoms with van der Waals surface area (Å²) in [5.74, 6) is 1.51. The average molecular weight is 266 g/mol. The van der Waals surface area contributed by atoms with Crippen molar-refractivity contribution in [3.05, 3.63) is 53.6 Å². The number of hydrogen-bond donors (Lipinski definition) is 1. The van der Waals surface area contributed by atoms with Gasteiger partial charge in [0.1, 0.15) is 24.2 Å². The molecule has 2 aromatic rings. The molecule has 0 spiro atoms. The lowest BCUT2D eigenvalue weighted by molar-refractivity contribution is 0.149. The normalized spacial score (nSPS) is 16.1. The molecule has 1 aliphatic heterocycles. The molecule has 100 valence electrons. The number of benzene rings is 2. The van der Waals surface area contributed by atoms with Crippen molar-refractivity contribution in [2.75, 3.05) is 12.3 Å². The summed E-state index contributed by atoms with van der Waals surface area (Å²) in [4.78, 5) is 0. The molecule has 0 aliphatic carbocycles. The first-order valence-electron chi connectivity index (χ1n) is 6.43. The van der Waals surface area contributed by atoms with Crippen LogP contribution in [0.5, 0.6) is 11.5 Å². The van der Waals surface area contributed by atoms with Crippen molar-refractivity contribution in [1.29, 1.82) is 5.26 Å². The Bertz CT molecular complexity index is 651. The first-order chi connectivity index (χ1) is 9.76. The van der Waals surface area contributed by atoms with E-state index in [2.05, 4.69) is 6.07 Å². The average Bonchev–Trinajstić information content (AvgIpc) is 2.88. The van der Waals surface area contributed by atoms with Crippen LogP contribution in [0.3, 0.4) is 0 Å². The molecule has 4 heteroatoms. The fraction of sp³-hybridized carbons (Fsp3) is 0.188. The quantitative estimate of drug-likeness (QED) is 0.867. The van der Waals surface area contributed by atoms with Gasteiger partial charge in [-0.15, -0.1) is 0 Å². The number of nitriles is 1. The van der Waals surface area contributed by atoms with Crippen LogP contribution in [-0.2, 0) is 6.42 Å². The summed E-state index contributed by atoms with van der Waals surface area (Å²) in [6, 6.07) is 15.1. The standard InChI is InChI=1S/C16H14N2O2/c17-9-11-5-6-16(14(18)7-11)19-10-13-8-12-3-1-2-4-15(12)20-13/h1-7,13H,8,10,18H2. The number of ether oxygens (including phenoxy) is 2. The molecule has 3 rings (SSSR count). The third kappa shape index (κ3) is 2.39. The molecule has 2 aromatic carbocycles. The molecule has 0 saturated heterocycles. The molecule has 0 saturated carbocycles. The molecular weight excluding hydrogens is 252 g/mol. The van der Waals surface area contributed by atoms with Crippen LogP contribution in [-0.4, -0.2) is 12.7 Å². The lowest BCUT2D eigenvalue weighted by atomic mass is 10.1. The van der Waals surface area contributed by atoms with E-state index in [0.717, 1.165) is 12.2 Å². The van der Waals surface area contributed by atoms with Gasteiger partial charge in [0.05, 0.1) is 17.3 Å². The second kappa shape index (κ2) is 5.14. The van der Waals surface area contributed by atoms with Gasteiger partial charge in [0.2, 0.25) is 0 Å². The number of nitrogen functional groups attached to an aromatic ring is 1. The van der Waals surface area contributed by atoms with Crippen LogP contribution in [0.4, 0.5) is 5.69 Å². The van der Waals surface area contributed by atoms with Crippen LogP contribution >= 0.6 is 0 Å². The maximum atomic E-state index is 8.79. The number of hydrogen-bond acceptors (Lipinski definition) is 4. The Hall–Kier alpha value is -2.67. The Labute approximate surface area is 117 Å². The van der Waals surface area contributed by atoms with Crippen LogP contribution in [0.25, 0.3) is 0 Å². The van der Waals surface area contributed by atoms with Gasteiger partial charge >= 0.3 is 0 Å². The van der Waals surface area contributed by atoms with Gasteiger partial charge in [-0.2, -0.15) is 5.26 Å². The third-order valence-electron chi connectivity index (χ3n) is 3.28. The first-order valence-corrected chi connectivity index (χ1v) is 6.43. The second-order valence-corrected chi connectivity index (χ2v) is 4.73. The zero-order valence-electron chi connectivity index (χ0n) is 10.9. The van der Waals surface area contributed by atoms with Crippen LogP contribution in [0, 0.1) is 11.3 Å². The molecular formula is C16H14N2O2. The Morgan fingerprint density at radius 3 is 2.90 bits per heavy atom. The molecule has 1 atom stereocenters. The van der Waals surface area contributed by atoms with Gasteiger partial charge in [0.15, 0.2) is 0 Å². The lowest BCUT2D eigenvalue weighted by Crippen LogP contribution is -2.22. The molecule has 0 bridgehead atoms. The highest BCUT2D eigenvalue weighted by atomic mass is 16.5. The molecule has 1 aliphatic rings. The summed E-state index contributed by atoms with van der Waals surface area (Å²) < 4.78 is 11.5. The number of para-hydroxylation sites is 1. The molecule has 4 nitrogen and oxygen atoms in total. The van der Waals surface area contributed by atoms with E-state index in [9.17, 15) is 0 Å². The highest BCUT2D eigenvalue weighted by Crippen LogP contribution is 2.29. The zero-order chi connectivity index (χ0) is 13.9. The minimum absolute atomic E-state index is 0.00226. The van der Waals surface area contributed by atoms with Gasteiger partial charge in [0, 0.05) is 6.42 Å². The molecule has 1 heterocycles. The summed E-state index contributed by atoms with van der Waals surface area (Å²) in [7, 11) is 0. The van der Waals surface area contributed by atoms with E-state index in [-0.39, 0.29) is 6.10 Å². The number of nitrogens with zero attached hydrogens (tertiary/aromatic N) is 1. The van der Waals surface area contributed by atoms with E-state index in [1.54, 1.807) is 18.2 Å². The van der Waals surface area contributed by atoms with Crippen LogP contribution in [0.2, 0.25) is 0 Å². The molecule has 0 fully saturated rings. The van der Waals surface area contributed by atoms with Crippen molar-refractivity contribution >= 4 is 5.69 Å². The monoisotopic (exact) mass is 266 g/mol. The van der Waals surface area contributed by atoms with E-state index >= 15 is 0 Å². The predicted molar refractivity (Wildman–Crippen MR) is 75.6 cm³/mol. The Balaban J connectivity index is 1.63. The van der Waals surface area contributed by atoms with Crippen molar-refractivity contribution in [2.24, 2.45) is 0 Å². The molecule has 20 heavy (non-hydrogen) atoms. The van der Waals surface area contributed by atoms with Crippen molar-refractivity contribution in [3.63, 3.8) is 0 Å². The van der Waals surface area contributed by atoms with E-state index < -0.39 is 0 Å². The van der Waals surface area contributed by atoms with Crippen LogP contribution in [0.15, 0.2) is 42.5 Å². The Morgan fingerprint density at radius 2 is 2.15 bits per heavy atom. The maximum Gasteiger partial charge on any atom is 0.142 e. The topological polar surface area (TPSA) is 68.3 Å². The first kappa shape index (κ1) is 12.4. The zero-order valence-corrected chi connectivity index (χ0v) is 10.9. The summed E-state index contributed by atoms with van der Waals surface area (Å²) in [5.41, 5.74) is 8.05. The van der Waals surface area contributed by atoms with Crippen molar-refractivity contribution < 1.29 is 9.47 Å². The van der Waals surface area contributed by atoms with E-state index in [4.69, 9.17) is 20.5 Å². The Morgan fingerprint density at radius 1 is 1.30 bits per heavy atom. The molecule has 0 amide bonds. The maximum absolute atomic E-state index is 8.79. The largest absolute Gasteiger partial charge is 0.488 e.